The van der Waals surface area contributed by atoms with Gasteiger partial charge in [-0.3, -0.25) is 33.2 Å². The molecule has 70 heavy (non-hydrogen) atoms. The van der Waals surface area contributed by atoms with Gasteiger partial charge in [-0.15, -0.1) is 17.8 Å². The first-order chi connectivity index (χ1) is 33.9. The van der Waals surface area contributed by atoms with E-state index in [-0.39, 0.29) is 67.2 Å². The monoisotopic (exact) mass is 946 g/mol. The number of fused-ring (bicyclic) bond motifs is 4. The number of imidazole rings is 1. The van der Waals surface area contributed by atoms with Crippen LogP contribution < -0.4 is 38.2 Å². The van der Waals surface area contributed by atoms with Crippen molar-refractivity contribution in [3.63, 3.8) is 0 Å². The largest absolute Gasteiger partial charge is 0.363 e. The lowest BCUT2D eigenvalue weighted by molar-refractivity contribution is -0.143. The number of carbonyl (C=O) groups is 2. The number of para-hydroxylation sites is 1. The maximum atomic E-state index is 14.8. The van der Waals surface area contributed by atoms with Gasteiger partial charge in [0.15, 0.2) is 17.3 Å². The quantitative estimate of drug-likeness (QED) is 0.139. The Labute approximate surface area is 404 Å². The van der Waals surface area contributed by atoms with E-state index < -0.39 is 29.5 Å². The zero-order chi connectivity index (χ0) is 48.8. The summed E-state index contributed by atoms with van der Waals surface area (Å²) in [7, 11) is 1.61. The van der Waals surface area contributed by atoms with Gasteiger partial charge in [-0.25, -0.2) is 34.6 Å². The minimum atomic E-state index is -0.789. The molecule has 5 aliphatic heterocycles. The number of hydrazine groups is 1. The van der Waals surface area contributed by atoms with Gasteiger partial charge in [-0.05, 0) is 64.2 Å². The summed E-state index contributed by atoms with van der Waals surface area (Å²) in [5, 5.41) is 11.2. The molecule has 0 bridgehead atoms. The lowest BCUT2D eigenvalue weighted by Gasteiger charge is -2.47. The molecule has 5 aliphatic rings. The summed E-state index contributed by atoms with van der Waals surface area (Å²) in [6.45, 7) is 7.77. The number of amides is 3. The maximum Gasteiger partial charge on any atom is 0.343 e. The fourth-order valence-electron chi connectivity index (χ4n) is 10.5. The van der Waals surface area contributed by atoms with Gasteiger partial charge in [0.2, 0.25) is 5.95 Å². The van der Waals surface area contributed by atoms with Crippen LogP contribution in [-0.2, 0) is 37.9 Å². The molecule has 0 spiro atoms. The number of carbonyl (C=O) groups excluding carboxylic acids is 2. The maximum absolute atomic E-state index is 14.8. The van der Waals surface area contributed by atoms with Crippen molar-refractivity contribution in [3.8, 4) is 23.7 Å². The zero-order valence-electron chi connectivity index (χ0n) is 40.0. The highest BCUT2D eigenvalue weighted by Crippen LogP contribution is 2.33. The second-order valence-electron chi connectivity index (χ2n) is 18.6. The molecule has 362 valence electrons. The second-order valence-corrected chi connectivity index (χ2v) is 18.6. The number of urea groups is 1. The molecule has 20 heteroatoms. The van der Waals surface area contributed by atoms with Crippen molar-refractivity contribution in [3.05, 3.63) is 85.9 Å². The number of anilines is 2. The summed E-state index contributed by atoms with van der Waals surface area (Å²) in [5.41, 5.74) is 16.4. The topological polar surface area (TPSA) is 236 Å². The Balaban J connectivity index is 0.999. The van der Waals surface area contributed by atoms with Gasteiger partial charge < -0.3 is 27.0 Å². The highest BCUT2D eigenvalue weighted by Gasteiger charge is 2.52. The number of piperidine rings is 2. The van der Waals surface area contributed by atoms with E-state index >= 15 is 0 Å². The molecule has 3 amide bonds. The third kappa shape index (κ3) is 8.56. The van der Waals surface area contributed by atoms with Crippen LogP contribution in [0.3, 0.4) is 0 Å². The van der Waals surface area contributed by atoms with Gasteiger partial charge in [-0.1, -0.05) is 36.3 Å². The van der Waals surface area contributed by atoms with Crippen LogP contribution in [0.15, 0.2) is 62.0 Å². The smallest absolute Gasteiger partial charge is 0.343 e. The van der Waals surface area contributed by atoms with E-state index in [0.29, 0.717) is 73.3 Å². The average molecular weight is 947 g/mol. The first kappa shape index (κ1) is 46.3. The van der Waals surface area contributed by atoms with Crippen LogP contribution in [0, 0.1) is 23.7 Å². The van der Waals surface area contributed by atoms with E-state index in [0.717, 1.165) is 46.9 Å². The standard InChI is InChI=1S/C50H58N16O4/c1-5-7-9-21-39-57-42-44(58-39)66(62-23-14-17-33(52)28-62)50(70)64(46(42)67)26-31-15-12-20-36-41(31)38(54-30(3)53-36)25-37-34-18-10-11-19-35(34)55-40(56-37)29-65-47(68)43-45(60(4)49(65)69)59-48(63(43)24-8-6-2)61-22-13-16-32(51)27-61/h10-12,15,18-20,30,32-33,42,44,53H,9,13-14,16-17,21-29,51-52H2,1-4H3,(H,57,58)/t30?,32-,33-,42?,44?/m1/s1. The Hall–Kier alpha value is -7.39. The number of benzene rings is 2. The van der Waals surface area contributed by atoms with Crippen LogP contribution in [0.4, 0.5) is 16.4 Å². The van der Waals surface area contributed by atoms with Crippen LogP contribution in [0.5, 0.6) is 0 Å². The predicted molar refractivity (Wildman–Crippen MR) is 268 cm³/mol. The van der Waals surface area contributed by atoms with Gasteiger partial charge in [-0.2, -0.15) is 4.98 Å². The Morgan fingerprint density at radius 2 is 1.63 bits per heavy atom. The van der Waals surface area contributed by atoms with Crippen molar-refractivity contribution < 1.29 is 9.59 Å². The molecule has 20 nitrogen and oxygen atoms in total. The summed E-state index contributed by atoms with van der Waals surface area (Å²) in [6.07, 6.45) is 3.67. The molecule has 2 aromatic carbocycles. The number of nitrogens with two attached hydrogens (primary N) is 2. The fourth-order valence-corrected chi connectivity index (χ4v) is 10.5. The molecule has 0 saturated carbocycles. The summed E-state index contributed by atoms with van der Waals surface area (Å²) >= 11 is 0. The minimum Gasteiger partial charge on any atom is -0.363 e. The SMILES string of the molecule is CC#CCCC1=NC2C(N1)C(=O)N(Cc1cccc3c1C(Cc1nc(Cn4c(=O)c5c(nc(N6CCC[C@@H](N)C6)n5CC#CC)n(C)c4=O)nc4ccccc14)=NC(C)N3)C(=O)N2N1CCC[C@@H](N)C1. The summed E-state index contributed by atoms with van der Waals surface area (Å²) in [4.78, 5) is 86.3. The Morgan fingerprint density at radius 1 is 0.843 bits per heavy atom. The van der Waals surface area contributed by atoms with Crippen LogP contribution in [0.25, 0.3) is 22.1 Å². The van der Waals surface area contributed by atoms with Crippen molar-refractivity contribution >= 4 is 57.2 Å². The molecular formula is C50H58N16O4. The van der Waals surface area contributed by atoms with E-state index in [2.05, 4.69) is 39.2 Å². The van der Waals surface area contributed by atoms with E-state index in [4.69, 9.17) is 36.4 Å². The Morgan fingerprint density at radius 3 is 2.41 bits per heavy atom. The van der Waals surface area contributed by atoms with Crippen molar-refractivity contribution in [1.29, 1.82) is 0 Å². The van der Waals surface area contributed by atoms with Crippen molar-refractivity contribution in [1.82, 2.24) is 48.9 Å². The highest BCUT2D eigenvalue weighted by molar-refractivity contribution is 6.10. The number of aromatic nitrogens is 6. The normalized spacial score (nSPS) is 22.4. The average Bonchev–Trinajstić information content (AvgIpc) is 3.95. The number of aliphatic imine (C=N–C) groups is 2. The van der Waals surface area contributed by atoms with E-state index in [1.54, 1.807) is 30.5 Å². The second kappa shape index (κ2) is 19.2. The van der Waals surface area contributed by atoms with Gasteiger partial charge in [0.25, 0.3) is 11.5 Å². The number of amidine groups is 1. The molecule has 3 unspecified atom stereocenters. The first-order valence-corrected chi connectivity index (χ1v) is 24.1. The molecule has 5 aromatic rings. The first-order valence-electron chi connectivity index (χ1n) is 24.1. The third-order valence-corrected chi connectivity index (χ3v) is 13.7. The molecule has 3 saturated heterocycles. The Bertz CT molecular complexity index is 3240. The third-order valence-electron chi connectivity index (χ3n) is 13.7. The molecule has 5 atom stereocenters. The van der Waals surface area contributed by atoms with Crippen LogP contribution >= 0.6 is 0 Å². The van der Waals surface area contributed by atoms with Crippen molar-refractivity contribution in [2.45, 2.75) is 116 Å². The molecule has 3 fully saturated rings. The molecule has 10 rings (SSSR count). The van der Waals surface area contributed by atoms with E-state index in [1.165, 1.54) is 9.47 Å². The number of imide groups is 1. The molecule has 8 heterocycles. The summed E-state index contributed by atoms with van der Waals surface area (Å²) in [5.74, 6) is 13.1. The van der Waals surface area contributed by atoms with Gasteiger partial charge in [0, 0.05) is 81.2 Å². The molecule has 3 aromatic heterocycles. The number of nitrogens with zero attached hydrogens (tertiary/aromatic N) is 12. The van der Waals surface area contributed by atoms with Gasteiger partial charge >= 0.3 is 11.7 Å². The van der Waals surface area contributed by atoms with Gasteiger partial charge in [0.1, 0.15) is 23.9 Å². The van der Waals surface area contributed by atoms with E-state index in [9.17, 15) is 19.2 Å². The highest BCUT2D eigenvalue weighted by atomic mass is 16.2. The lowest BCUT2D eigenvalue weighted by atomic mass is 9.94. The minimum absolute atomic E-state index is 0.0367. The zero-order valence-corrected chi connectivity index (χ0v) is 40.0. The molecule has 6 N–H and O–H groups in total. The molecule has 0 aliphatic carbocycles. The number of nitrogens with one attached hydrogen (secondary N) is 2. The number of rotatable bonds is 11. The fraction of sp³-hybridized carbons (Fsp3) is 0.460. The van der Waals surface area contributed by atoms with Gasteiger partial charge in [0.05, 0.1) is 36.6 Å². The predicted octanol–water partition coefficient (Wildman–Crippen LogP) is 2.24. The van der Waals surface area contributed by atoms with Crippen molar-refractivity contribution in [2.75, 3.05) is 36.4 Å². The van der Waals surface area contributed by atoms with Crippen molar-refractivity contribution in [2.24, 2.45) is 28.5 Å². The summed E-state index contributed by atoms with van der Waals surface area (Å²) in [6, 6.07) is 12.0. The Kier molecular flexibility index (Phi) is 12.7. The van der Waals surface area contributed by atoms with E-state index in [1.807, 2.05) is 54.4 Å². The van der Waals surface area contributed by atoms with Crippen LogP contribution in [-0.4, -0.2) is 124 Å². The lowest BCUT2D eigenvalue weighted by Crippen LogP contribution is -2.70. The van der Waals surface area contributed by atoms with Crippen LogP contribution in [0.1, 0.15) is 81.9 Å². The van der Waals surface area contributed by atoms with Crippen LogP contribution in [0.2, 0.25) is 0 Å². The molecular weight excluding hydrogens is 889 g/mol. The number of hydrogen-bond donors (Lipinski definition) is 4. The number of hydrogen-bond acceptors (Lipinski definition) is 15. The molecule has 0 radical (unpaired) electrons. The summed E-state index contributed by atoms with van der Waals surface area (Å²) < 4.78 is 4.33. The number of aryl methyl sites for hydroxylation is 1.